The van der Waals surface area contributed by atoms with Gasteiger partial charge in [0.15, 0.2) is 0 Å². The first-order valence-corrected chi connectivity index (χ1v) is 6.39. The second-order valence-electron chi connectivity index (χ2n) is 3.74. The molecule has 1 aromatic heterocycles. The van der Waals surface area contributed by atoms with E-state index in [0.29, 0.717) is 4.88 Å². The predicted octanol–water partition coefficient (Wildman–Crippen LogP) is 2.16. The molecule has 1 heterocycles. The summed E-state index contributed by atoms with van der Waals surface area (Å²) in [6, 6.07) is 3.61. The molecule has 1 rings (SSSR count). The molecule has 0 aromatic carbocycles. The molecule has 0 aliphatic heterocycles. The molecular weight excluding hydrogens is 238 g/mol. The summed E-state index contributed by atoms with van der Waals surface area (Å²) in [4.78, 5) is 25.7. The molecule has 17 heavy (non-hydrogen) atoms. The fourth-order valence-electron chi connectivity index (χ4n) is 1.39. The number of thiophene rings is 1. The number of ether oxygens (including phenoxy) is 1. The van der Waals surface area contributed by atoms with Gasteiger partial charge < -0.3 is 9.64 Å². The number of amides is 1. The van der Waals surface area contributed by atoms with E-state index in [1.807, 2.05) is 25.3 Å². The maximum Gasteiger partial charge on any atom is 0.325 e. The summed E-state index contributed by atoms with van der Waals surface area (Å²) in [5.74, 6) is -0.505. The average Bonchev–Trinajstić information content (AvgIpc) is 2.87. The van der Waals surface area contributed by atoms with Gasteiger partial charge in [0.2, 0.25) is 0 Å². The Balaban J connectivity index is 2.83. The smallest absolute Gasteiger partial charge is 0.325 e. The van der Waals surface area contributed by atoms with Crippen LogP contribution in [0, 0.1) is 0 Å². The summed E-state index contributed by atoms with van der Waals surface area (Å²) >= 11 is 1.38. The second kappa shape index (κ2) is 6.39. The highest BCUT2D eigenvalue weighted by Crippen LogP contribution is 2.15. The highest BCUT2D eigenvalue weighted by atomic mass is 32.1. The van der Waals surface area contributed by atoms with Crippen molar-refractivity contribution in [1.29, 1.82) is 0 Å². The predicted molar refractivity (Wildman–Crippen MR) is 67.1 cm³/mol. The SMILES string of the molecule is CC[C@@H](C)N(CC(=O)OC)C(=O)c1cccs1. The lowest BCUT2D eigenvalue weighted by Gasteiger charge is -2.26. The quantitative estimate of drug-likeness (QED) is 0.757. The van der Waals surface area contributed by atoms with E-state index < -0.39 is 5.97 Å². The summed E-state index contributed by atoms with van der Waals surface area (Å²) in [5.41, 5.74) is 0. The molecule has 0 aliphatic carbocycles. The van der Waals surface area contributed by atoms with E-state index in [2.05, 4.69) is 4.74 Å². The topological polar surface area (TPSA) is 46.6 Å². The maximum atomic E-state index is 12.2. The van der Waals surface area contributed by atoms with Crippen LogP contribution in [-0.4, -0.2) is 36.5 Å². The molecule has 1 amide bonds. The van der Waals surface area contributed by atoms with Crippen LogP contribution in [0.4, 0.5) is 0 Å². The lowest BCUT2D eigenvalue weighted by Crippen LogP contribution is -2.41. The van der Waals surface area contributed by atoms with Crippen molar-refractivity contribution in [2.75, 3.05) is 13.7 Å². The van der Waals surface area contributed by atoms with Crippen molar-refractivity contribution >= 4 is 23.2 Å². The normalized spacial score (nSPS) is 11.9. The minimum absolute atomic E-state index is 0.00222. The van der Waals surface area contributed by atoms with Gasteiger partial charge in [-0.15, -0.1) is 11.3 Å². The molecule has 5 heteroatoms. The minimum Gasteiger partial charge on any atom is -0.468 e. The summed E-state index contributed by atoms with van der Waals surface area (Å²) in [7, 11) is 1.33. The van der Waals surface area contributed by atoms with E-state index in [0.717, 1.165) is 6.42 Å². The van der Waals surface area contributed by atoms with E-state index >= 15 is 0 Å². The van der Waals surface area contributed by atoms with Crippen LogP contribution in [0.3, 0.4) is 0 Å². The van der Waals surface area contributed by atoms with Crippen LogP contribution in [0.25, 0.3) is 0 Å². The highest BCUT2D eigenvalue weighted by molar-refractivity contribution is 7.12. The van der Waals surface area contributed by atoms with E-state index in [-0.39, 0.29) is 18.5 Å². The number of carbonyl (C=O) groups is 2. The molecule has 0 unspecified atom stereocenters. The molecule has 0 radical (unpaired) electrons. The van der Waals surface area contributed by atoms with Crippen molar-refractivity contribution in [3.63, 3.8) is 0 Å². The Morgan fingerprint density at radius 2 is 2.24 bits per heavy atom. The van der Waals surface area contributed by atoms with E-state index in [4.69, 9.17) is 0 Å². The first-order chi connectivity index (χ1) is 8.10. The molecule has 0 fully saturated rings. The molecule has 0 bridgehead atoms. The van der Waals surface area contributed by atoms with Crippen LogP contribution < -0.4 is 0 Å². The van der Waals surface area contributed by atoms with Gasteiger partial charge in [0.05, 0.1) is 12.0 Å². The summed E-state index contributed by atoms with van der Waals surface area (Å²) in [6.07, 6.45) is 0.800. The molecule has 1 atom stereocenters. The fraction of sp³-hybridized carbons (Fsp3) is 0.500. The van der Waals surface area contributed by atoms with Crippen molar-refractivity contribution in [2.24, 2.45) is 0 Å². The van der Waals surface area contributed by atoms with Gasteiger partial charge in [-0.2, -0.15) is 0 Å². The molecule has 0 N–H and O–H groups in total. The zero-order chi connectivity index (χ0) is 12.8. The van der Waals surface area contributed by atoms with Gasteiger partial charge in [-0.05, 0) is 24.8 Å². The van der Waals surface area contributed by atoms with Crippen LogP contribution in [0.1, 0.15) is 29.9 Å². The summed E-state index contributed by atoms with van der Waals surface area (Å²) in [6.45, 7) is 3.91. The Morgan fingerprint density at radius 3 is 2.71 bits per heavy atom. The Hall–Kier alpha value is -1.36. The first-order valence-electron chi connectivity index (χ1n) is 5.51. The van der Waals surface area contributed by atoms with E-state index in [1.54, 1.807) is 11.0 Å². The minimum atomic E-state index is -0.393. The molecule has 4 nitrogen and oxygen atoms in total. The lowest BCUT2D eigenvalue weighted by molar-refractivity contribution is -0.141. The van der Waals surface area contributed by atoms with E-state index in [1.165, 1.54) is 18.4 Å². The molecule has 1 aromatic rings. The fourth-order valence-corrected chi connectivity index (χ4v) is 2.07. The van der Waals surface area contributed by atoms with Gasteiger partial charge in [0.1, 0.15) is 6.54 Å². The number of rotatable bonds is 5. The monoisotopic (exact) mass is 255 g/mol. The largest absolute Gasteiger partial charge is 0.468 e. The number of hydrogen-bond acceptors (Lipinski definition) is 4. The number of esters is 1. The van der Waals surface area contributed by atoms with E-state index in [9.17, 15) is 9.59 Å². The Bertz CT molecular complexity index is 375. The first kappa shape index (κ1) is 13.7. The van der Waals surface area contributed by atoms with Gasteiger partial charge in [-0.1, -0.05) is 13.0 Å². The number of nitrogens with zero attached hydrogens (tertiary/aromatic N) is 1. The van der Waals surface area contributed by atoms with Crippen LogP contribution in [0.2, 0.25) is 0 Å². The van der Waals surface area contributed by atoms with Gasteiger partial charge >= 0.3 is 5.97 Å². The summed E-state index contributed by atoms with van der Waals surface area (Å²) < 4.78 is 4.61. The zero-order valence-electron chi connectivity index (χ0n) is 10.3. The number of methoxy groups -OCH3 is 1. The lowest BCUT2D eigenvalue weighted by atomic mass is 10.2. The van der Waals surface area contributed by atoms with Gasteiger partial charge in [-0.25, -0.2) is 0 Å². The third kappa shape index (κ3) is 3.56. The van der Waals surface area contributed by atoms with Crippen molar-refractivity contribution < 1.29 is 14.3 Å². The van der Waals surface area contributed by atoms with Gasteiger partial charge in [0.25, 0.3) is 5.91 Å². The van der Waals surface area contributed by atoms with Crippen LogP contribution in [0.5, 0.6) is 0 Å². The Kier molecular flexibility index (Phi) is 5.15. The zero-order valence-corrected chi connectivity index (χ0v) is 11.1. The summed E-state index contributed by atoms with van der Waals surface area (Å²) in [5, 5.41) is 1.85. The van der Waals surface area contributed by atoms with Gasteiger partial charge in [0, 0.05) is 6.04 Å². The molecule has 94 valence electrons. The van der Waals surface area contributed by atoms with Crippen molar-refractivity contribution in [2.45, 2.75) is 26.3 Å². The molecule has 0 saturated carbocycles. The Morgan fingerprint density at radius 1 is 1.53 bits per heavy atom. The number of carbonyl (C=O) groups excluding carboxylic acids is 2. The van der Waals surface area contributed by atoms with Gasteiger partial charge in [-0.3, -0.25) is 9.59 Å². The highest BCUT2D eigenvalue weighted by Gasteiger charge is 2.23. The van der Waals surface area contributed by atoms with Crippen molar-refractivity contribution in [1.82, 2.24) is 4.90 Å². The third-order valence-electron chi connectivity index (χ3n) is 2.64. The van der Waals surface area contributed by atoms with Crippen LogP contribution in [0.15, 0.2) is 17.5 Å². The Labute approximate surface area is 105 Å². The van der Waals surface area contributed by atoms with Crippen molar-refractivity contribution in [3.8, 4) is 0 Å². The third-order valence-corrected chi connectivity index (χ3v) is 3.50. The van der Waals surface area contributed by atoms with Crippen LogP contribution >= 0.6 is 11.3 Å². The molecular formula is C12H17NO3S. The molecule has 0 spiro atoms. The standard InChI is InChI=1S/C12H17NO3S/c1-4-9(2)13(8-11(14)16-3)12(15)10-6-5-7-17-10/h5-7,9H,4,8H2,1-3H3/t9-/m1/s1. The molecule has 0 aliphatic rings. The van der Waals surface area contributed by atoms with Crippen molar-refractivity contribution in [3.05, 3.63) is 22.4 Å². The maximum absolute atomic E-state index is 12.2. The number of hydrogen-bond donors (Lipinski definition) is 0. The second-order valence-corrected chi connectivity index (χ2v) is 4.69. The van der Waals surface area contributed by atoms with Crippen LogP contribution in [-0.2, 0) is 9.53 Å². The molecule has 0 saturated heterocycles. The average molecular weight is 255 g/mol.